The molecule has 0 aliphatic carbocycles. The molecule has 1 aromatic carbocycles. The summed E-state index contributed by atoms with van der Waals surface area (Å²) >= 11 is 0. The molecule has 1 spiro atoms. The molecule has 26 heavy (non-hydrogen) atoms. The van der Waals surface area contributed by atoms with Crippen LogP contribution in [0.1, 0.15) is 50.0 Å². The van der Waals surface area contributed by atoms with Crippen LogP contribution in [0.3, 0.4) is 0 Å². The van der Waals surface area contributed by atoms with E-state index in [9.17, 15) is 18.8 Å². The quantitative estimate of drug-likeness (QED) is 0.858. The second-order valence-corrected chi connectivity index (χ2v) is 7.15. The summed E-state index contributed by atoms with van der Waals surface area (Å²) in [6, 6.07) is 6.45. The predicted molar refractivity (Wildman–Crippen MR) is 91.9 cm³/mol. The monoisotopic (exact) mass is 362 g/mol. The van der Waals surface area contributed by atoms with E-state index in [1.165, 1.54) is 6.07 Å². The molecule has 0 radical (unpaired) electrons. The molecule has 2 amide bonds. The van der Waals surface area contributed by atoms with Gasteiger partial charge in [0, 0.05) is 31.8 Å². The van der Waals surface area contributed by atoms with Crippen LogP contribution >= 0.6 is 0 Å². The largest absolute Gasteiger partial charge is 0.481 e. The Morgan fingerprint density at radius 3 is 2.77 bits per heavy atom. The smallest absolute Gasteiger partial charge is 0.303 e. The van der Waals surface area contributed by atoms with Gasteiger partial charge in [0.2, 0.25) is 11.8 Å². The third-order valence-corrected chi connectivity index (χ3v) is 5.39. The van der Waals surface area contributed by atoms with Crippen molar-refractivity contribution in [1.29, 1.82) is 0 Å². The van der Waals surface area contributed by atoms with Gasteiger partial charge in [-0.1, -0.05) is 24.6 Å². The summed E-state index contributed by atoms with van der Waals surface area (Å²) in [5.41, 5.74) is -0.211. The van der Waals surface area contributed by atoms with Gasteiger partial charge < -0.3 is 15.3 Å². The minimum atomic E-state index is -1.03. The van der Waals surface area contributed by atoms with Gasteiger partial charge >= 0.3 is 5.97 Å². The average molecular weight is 362 g/mol. The van der Waals surface area contributed by atoms with Crippen molar-refractivity contribution in [2.75, 3.05) is 13.1 Å². The summed E-state index contributed by atoms with van der Waals surface area (Å²) in [5.74, 6) is -2.08. The molecule has 0 unspecified atom stereocenters. The SMILES string of the molecule is O=C(O)CCC(=O)N1C[C@@H](c2ccccc2F)[C@@]2(CCCCC(=O)N2)C1. The number of carboxylic acids is 1. The van der Waals surface area contributed by atoms with Gasteiger partial charge in [-0.25, -0.2) is 4.39 Å². The summed E-state index contributed by atoms with van der Waals surface area (Å²) in [7, 11) is 0. The number of nitrogens with zero attached hydrogens (tertiary/aromatic N) is 1. The molecule has 2 aliphatic rings. The van der Waals surface area contributed by atoms with Crippen LogP contribution < -0.4 is 5.32 Å². The van der Waals surface area contributed by atoms with Crippen molar-refractivity contribution < 1.29 is 23.9 Å². The lowest BCUT2D eigenvalue weighted by Crippen LogP contribution is -2.53. The molecule has 0 saturated carbocycles. The molecule has 2 fully saturated rings. The second-order valence-electron chi connectivity index (χ2n) is 7.15. The molecule has 140 valence electrons. The number of hydrogen-bond donors (Lipinski definition) is 2. The number of carboxylic acid groups (broad SMARTS) is 1. The number of hydrogen-bond acceptors (Lipinski definition) is 3. The number of halogens is 1. The molecule has 6 nitrogen and oxygen atoms in total. The summed E-state index contributed by atoms with van der Waals surface area (Å²) in [6.07, 6.45) is 2.35. The fourth-order valence-corrected chi connectivity index (χ4v) is 4.13. The van der Waals surface area contributed by atoms with E-state index in [1.54, 1.807) is 23.1 Å². The number of aliphatic carboxylic acids is 1. The number of amides is 2. The highest BCUT2D eigenvalue weighted by atomic mass is 19.1. The lowest BCUT2D eigenvalue weighted by atomic mass is 9.78. The zero-order valence-corrected chi connectivity index (χ0v) is 14.5. The van der Waals surface area contributed by atoms with Crippen LogP contribution in [-0.4, -0.2) is 46.4 Å². The number of nitrogens with one attached hydrogen (secondary N) is 1. The minimum absolute atomic E-state index is 0.0799. The number of benzene rings is 1. The van der Waals surface area contributed by atoms with Gasteiger partial charge in [-0.3, -0.25) is 14.4 Å². The Morgan fingerprint density at radius 2 is 2.04 bits per heavy atom. The Kier molecular flexibility index (Phi) is 5.25. The Morgan fingerprint density at radius 1 is 1.27 bits per heavy atom. The Balaban J connectivity index is 1.91. The maximum absolute atomic E-state index is 14.5. The fraction of sp³-hybridized carbons (Fsp3) is 0.526. The lowest BCUT2D eigenvalue weighted by Gasteiger charge is -2.34. The molecule has 2 heterocycles. The van der Waals surface area contributed by atoms with Gasteiger partial charge in [0.1, 0.15) is 5.82 Å². The first kappa shape index (κ1) is 18.4. The zero-order valence-electron chi connectivity index (χ0n) is 14.5. The highest BCUT2D eigenvalue weighted by Gasteiger charge is 2.50. The van der Waals surface area contributed by atoms with Crippen LogP contribution in [0.4, 0.5) is 4.39 Å². The van der Waals surface area contributed by atoms with Crippen LogP contribution in [0.5, 0.6) is 0 Å². The van der Waals surface area contributed by atoms with E-state index in [-0.39, 0.29) is 49.5 Å². The van der Waals surface area contributed by atoms with Crippen molar-refractivity contribution in [2.45, 2.75) is 50.0 Å². The third-order valence-electron chi connectivity index (χ3n) is 5.39. The van der Waals surface area contributed by atoms with Crippen LogP contribution in [0, 0.1) is 5.82 Å². The maximum atomic E-state index is 14.5. The lowest BCUT2D eigenvalue weighted by molar-refractivity contribution is -0.140. The van der Waals surface area contributed by atoms with Crippen molar-refractivity contribution in [3.05, 3.63) is 35.6 Å². The van der Waals surface area contributed by atoms with E-state index in [0.717, 1.165) is 12.8 Å². The normalized spacial score (nSPS) is 25.8. The molecule has 0 aromatic heterocycles. The minimum Gasteiger partial charge on any atom is -0.481 e. The summed E-state index contributed by atoms with van der Waals surface area (Å²) in [6.45, 7) is 0.565. The highest BCUT2D eigenvalue weighted by molar-refractivity contribution is 5.82. The molecular formula is C19H23FN2O4. The fourth-order valence-electron chi connectivity index (χ4n) is 4.13. The molecule has 7 heteroatoms. The van der Waals surface area contributed by atoms with E-state index in [1.807, 2.05) is 0 Å². The van der Waals surface area contributed by atoms with Gasteiger partial charge in [0.15, 0.2) is 0 Å². The molecule has 2 N–H and O–H groups in total. The standard InChI is InChI=1S/C19H23FN2O4/c20-15-6-2-1-5-13(15)14-11-22(17(24)8-9-18(25)26)12-19(14)10-4-3-7-16(23)21-19/h1-2,5-6,14H,3-4,7-12H2,(H,21,23)(H,25,26)/t14-,19+/m0/s1. The van der Waals surface area contributed by atoms with Gasteiger partial charge in [-0.05, 0) is 24.5 Å². The predicted octanol–water partition coefficient (Wildman–Crippen LogP) is 2.05. The highest BCUT2D eigenvalue weighted by Crippen LogP contribution is 2.41. The van der Waals surface area contributed by atoms with Crippen molar-refractivity contribution in [3.63, 3.8) is 0 Å². The van der Waals surface area contributed by atoms with Crippen molar-refractivity contribution in [3.8, 4) is 0 Å². The Hall–Kier alpha value is -2.44. The van der Waals surface area contributed by atoms with E-state index < -0.39 is 11.5 Å². The van der Waals surface area contributed by atoms with Crippen molar-refractivity contribution >= 4 is 17.8 Å². The number of carbonyl (C=O) groups excluding carboxylic acids is 2. The molecule has 2 aliphatic heterocycles. The first-order valence-electron chi connectivity index (χ1n) is 8.96. The van der Waals surface area contributed by atoms with E-state index in [4.69, 9.17) is 5.11 Å². The van der Waals surface area contributed by atoms with Crippen LogP contribution in [-0.2, 0) is 14.4 Å². The topological polar surface area (TPSA) is 86.7 Å². The van der Waals surface area contributed by atoms with Crippen LogP contribution in [0.2, 0.25) is 0 Å². The molecular weight excluding hydrogens is 339 g/mol. The van der Waals surface area contributed by atoms with Crippen molar-refractivity contribution in [1.82, 2.24) is 10.2 Å². The third kappa shape index (κ3) is 3.71. The van der Waals surface area contributed by atoms with Gasteiger partial charge in [-0.15, -0.1) is 0 Å². The Labute approximate surface area is 151 Å². The van der Waals surface area contributed by atoms with Crippen LogP contribution in [0.15, 0.2) is 24.3 Å². The summed E-state index contributed by atoms with van der Waals surface area (Å²) in [5, 5.41) is 11.9. The molecule has 2 atom stereocenters. The van der Waals surface area contributed by atoms with E-state index in [2.05, 4.69) is 5.32 Å². The zero-order chi connectivity index (χ0) is 18.7. The molecule has 0 bridgehead atoms. The second kappa shape index (κ2) is 7.43. The van der Waals surface area contributed by atoms with Crippen LogP contribution in [0.25, 0.3) is 0 Å². The maximum Gasteiger partial charge on any atom is 0.303 e. The Bertz CT molecular complexity index is 723. The first-order valence-corrected chi connectivity index (χ1v) is 8.96. The number of likely N-dealkylation sites (tertiary alicyclic amines) is 1. The summed E-state index contributed by atoms with van der Waals surface area (Å²) in [4.78, 5) is 37.0. The average Bonchev–Trinajstić information content (AvgIpc) is 2.84. The van der Waals surface area contributed by atoms with E-state index >= 15 is 0 Å². The molecule has 3 rings (SSSR count). The van der Waals surface area contributed by atoms with Gasteiger partial charge in [-0.2, -0.15) is 0 Å². The molecule has 2 saturated heterocycles. The number of rotatable bonds is 4. The van der Waals surface area contributed by atoms with Crippen molar-refractivity contribution in [2.24, 2.45) is 0 Å². The van der Waals surface area contributed by atoms with Gasteiger partial charge in [0.05, 0.1) is 12.0 Å². The van der Waals surface area contributed by atoms with E-state index in [0.29, 0.717) is 18.4 Å². The molecule has 1 aromatic rings. The summed E-state index contributed by atoms with van der Waals surface area (Å²) < 4.78 is 14.5. The van der Waals surface area contributed by atoms with Gasteiger partial charge in [0.25, 0.3) is 0 Å². The first-order chi connectivity index (χ1) is 12.4. The number of carbonyl (C=O) groups is 3.